The first kappa shape index (κ1) is 15.0. The van der Waals surface area contributed by atoms with E-state index < -0.39 is 0 Å². The fourth-order valence-corrected chi connectivity index (χ4v) is 3.36. The van der Waals surface area contributed by atoms with Gasteiger partial charge < -0.3 is 10.2 Å². The summed E-state index contributed by atoms with van der Waals surface area (Å²) in [5.74, 6) is 8.13. The average molecular weight is 278 g/mol. The molecule has 5 heteroatoms. The Morgan fingerprint density at radius 1 is 1.25 bits per heavy atom. The van der Waals surface area contributed by atoms with Crippen molar-refractivity contribution < 1.29 is 4.74 Å². The predicted octanol–water partition coefficient (Wildman–Crippen LogP) is 2.97. The van der Waals surface area contributed by atoms with Gasteiger partial charge in [0.05, 0.1) is 5.56 Å². The van der Waals surface area contributed by atoms with Gasteiger partial charge in [-0.05, 0) is 44.4 Å². The zero-order valence-electron chi connectivity index (χ0n) is 13.2. The number of nitrogens with one attached hydrogen (secondary N) is 1. The van der Waals surface area contributed by atoms with Gasteiger partial charge in [0.25, 0.3) is 0 Å². The maximum absolute atomic E-state index is 6.17. The highest BCUT2D eigenvalue weighted by molar-refractivity contribution is 5.47. The van der Waals surface area contributed by atoms with Crippen LogP contribution < -0.4 is 16.0 Å². The van der Waals surface area contributed by atoms with Crippen molar-refractivity contribution in [1.29, 1.82) is 0 Å². The van der Waals surface area contributed by atoms with Gasteiger partial charge in [0.15, 0.2) is 0 Å². The third kappa shape index (κ3) is 3.39. The molecule has 1 heterocycles. The smallest absolute Gasteiger partial charge is 0.222 e. The molecular weight excluding hydrogens is 252 g/mol. The lowest BCUT2D eigenvalue weighted by Gasteiger charge is -2.38. The molecule has 0 radical (unpaired) electrons. The Hall–Kier alpha value is -1.36. The zero-order valence-corrected chi connectivity index (χ0v) is 13.2. The SMILES string of the molecule is Cc1nc(NN)c(C)c(OC2CC(C)CC(C)(C)C2)n1. The Morgan fingerprint density at radius 3 is 2.55 bits per heavy atom. The van der Waals surface area contributed by atoms with Crippen molar-refractivity contribution >= 4 is 5.82 Å². The first-order chi connectivity index (χ1) is 9.30. The number of nitrogen functional groups attached to an aromatic ring is 1. The quantitative estimate of drug-likeness (QED) is 0.657. The summed E-state index contributed by atoms with van der Waals surface area (Å²) < 4.78 is 6.17. The monoisotopic (exact) mass is 278 g/mol. The van der Waals surface area contributed by atoms with Crippen LogP contribution in [0.4, 0.5) is 5.82 Å². The van der Waals surface area contributed by atoms with Crippen LogP contribution in [0.25, 0.3) is 0 Å². The van der Waals surface area contributed by atoms with Gasteiger partial charge >= 0.3 is 0 Å². The molecule has 2 rings (SSSR count). The van der Waals surface area contributed by atoms with Crippen LogP contribution in [0.5, 0.6) is 5.88 Å². The molecule has 2 atom stereocenters. The lowest BCUT2D eigenvalue weighted by atomic mass is 9.71. The largest absolute Gasteiger partial charge is 0.474 e. The number of aryl methyl sites for hydroxylation is 1. The normalized spacial score (nSPS) is 25.3. The first-order valence-corrected chi connectivity index (χ1v) is 7.29. The molecule has 1 aliphatic rings. The Balaban J connectivity index is 2.19. The number of ether oxygens (including phenoxy) is 1. The topological polar surface area (TPSA) is 73.1 Å². The van der Waals surface area contributed by atoms with Crippen molar-refractivity contribution in [3.05, 3.63) is 11.4 Å². The van der Waals surface area contributed by atoms with Crippen molar-refractivity contribution in [2.24, 2.45) is 17.2 Å². The minimum atomic E-state index is 0.215. The van der Waals surface area contributed by atoms with Crippen LogP contribution in [-0.2, 0) is 0 Å². The second kappa shape index (κ2) is 5.56. The number of anilines is 1. The molecule has 0 bridgehead atoms. The Morgan fingerprint density at radius 2 is 1.95 bits per heavy atom. The van der Waals surface area contributed by atoms with Crippen LogP contribution in [0.1, 0.15) is 51.4 Å². The summed E-state index contributed by atoms with van der Waals surface area (Å²) in [7, 11) is 0. The van der Waals surface area contributed by atoms with Gasteiger partial charge in [-0.15, -0.1) is 0 Å². The predicted molar refractivity (Wildman–Crippen MR) is 80.5 cm³/mol. The summed E-state index contributed by atoms with van der Waals surface area (Å²) in [6.45, 7) is 10.7. The molecule has 3 N–H and O–H groups in total. The van der Waals surface area contributed by atoms with Crippen LogP contribution in [-0.4, -0.2) is 16.1 Å². The van der Waals surface area contributed by atoms with Crippen molar-refractivity contribution in [3.8, 4) is 5.88 Å². The maximum Gasteiger partial charge on any atom is 0.222 e. The molecule has 112 valence electrons. The van der Waals surface area contributed by atoms with Gasteiger partial charge in [-0.1, -0.05) is 20.8 Å². The molecule has 1 aromatic rings. The molecule has 1 fully saturated rings. The number of nitrogens with two attached hydrogens (primary N) is 1. The maximum atomic E-state index is 6.17. The number of hydrazine groups is 1. The molecule has 20 heavy (non-hydrogen) atoms. The molecule has 0 aliphatic heterocycles. The van der Waals surface area contributed by atoms with Crippen LogP contribution >= 0.6 is 0 Å². The van der Waals surface area contributed by atoms with Gasteiger partial charge in [0, 0.05) is 0 Å². The summed E-state index contributed by atoms with van der Waals surface area (Å²) in [4.78, 5) is 8.68. The zero-order chi connectivity index (χ0) is 14.9. The van der Waals surface area contributed by atoms with E-state index in [0.29, 0.717) is 28.9 Å². The number of rotatable bonds is 3. The highest BCUT2D eigenvalue weighted by atomic mass is 16.5. The Labute approximate surface area is 121 Å². The van der Waals surface area contributed by atoms with E-state index in [1.807, 2.05) is 13.8 Å². The molecule has 1 aromatic heterocycles. The van der Waals surface area contributed by atoms with E-state index in [1.54, 1.807) is 0 Å². The van der Waals surface area contributed by atoms with Gasteiger partial charge in [-0.25, -0.2) is 10.8 Å². The summed E-state index contributed by atoms with van der Waals surface area (Å²) in [6.07, 6.45) is 3.61. The number of aromatic nitrogens is 2. The van der Waals surface area contributed by atoms with Crippen LogP contribution in [0.15, 0.2) is 0 Å². The molecule has 0 saturated heterocycles. The van der Waals surface area contributed by atoms with Crippen LogP contribution in [0, 0.1) is 25.2 Å². The van der Waals surface area contributed by atoms with E-state index >= 15 is 0 Å². The molecule has 2 unspecified atom stereocenters. The second-order valence-corrected chi connectivity index (χ2v) is 6.85. The molecule has 0 spiro atoms. The van der Waals surface area contributed by atoms with Gasteiger partial charge in [0.2, 0.25) is 5.88 Å². The summed E-state index contributed by atoms with van der Waals surface area (Å²) in [5.41, 5.74) is 3.80. The van der Waals surface area contributed by atoms with Crippen molar-refractivity contribution in [2.75, 3.05) is 5.43 Å². The summed E-state index contributed by atoms with van der Waals surface area (Å²) in [5, 5.41) is 0. The van der Waals surface area contributed by atoms with Crippen molar-refractivity contribution in [2.45, 2.75) is 60.0 Å². The molecule has 0 aromatic carbocycles. The first-order valence-electron chi connectivity index (χ1n) is 7.29. The summed E-state index contributed by atoms with van der Waals surface area (Å²) in [6, 6.07) is 0. The molecule has 1 saturated carbocycles. The third-order valence-corrected chi connectivity index (χ3v) is 3.97. The van der Waals surface area contributed by atoms with E-state index in [9.17, 15) is 0 Å². The highest BCUT2D eigenvalue weighted by Crippen LogP contribution is 2.40. The molecular formula is C15H26N4O. The third-order valence-electron chi connectivity index (χ3n) is 3.97. The number of hydrogen-bond donors (Lipinski definition) is 2. The lowest BCUT2D eigenvalue weighted by molar-refractivity contribution is 0.0526. The molecule has 1 aliphatic carbocycles. The second-order valence-electron chi connectivity index (χ2n) is 6.85. The van der Waals surface area contributed by atoms with Crippen molar-refractivity contribution in [1.82, 2.24) is 9.97 Å². The number of hydrogen-bond acceptors (Lipinski definition) is 5. The Kier molecular flexibility index (Phi) is 4.18. The lowest BCUT2D eigenvalue weighted by Crippen LogP contribution is -2.34. The van der Waals surface area contributed by atoms with Gasteiger partial charge in [0.1, 0.15) is 17.7 Å². The van der Waals surface area contributed by atoms with E-state index in [4.69, 9.17) is 10.6 Å². The van der Waals surface area contributed by atoms with Crippen LogP contribution in [0.2, 0.25) is 0 Å². The van der Waals surface area contributed by atoms with E-state index in [1.165, 1.54) is 6.42 Å². The van der Waals surface area contributed by atoms with Gasteiger partial charge in [-0.2, -0.15) is 4.98 Å². The van der Waals surface area contributed by atoms with Crippen molar-refractivity contribution in [3.63, 3.8) is 0 Å². The van der Waals surface area contributed by atoms with Crippen LogP contribution in [0.3, 0.4) is 0 Å². The summed E-state index contributed by atoms with van der Waals surface area (Å²) >= 11 is 0. The Bertz CT molecular complexity index is 487. The standard InChI is InChI=1S/C15H26N4O/c1-9-6-12(8-15(4,5)7-9)20-14-10(2)13(19-16)17-11(3)18-14/h9,12H,6-8,16H2,1-5H3,(H,17,18,19). The minimum Gasteiger partial charge on any atom is -0.474 e. The highest BCUT2D eigenvalue weighted by Gasteiger charge is 2.33. The minimum absolute atomic E-state index is 0.215. The van der Waals surface area contributed by atoms with E-state index in [-0.39, 0.29) is 6.10 Å². The molecule has 0 amide bonds. The van der Waals surface area contributed by atoms with E-state index in [2.05, 4.69) is 36.2 Å². The van der Waals surface area contributed by atoms with E-state index in [0.717, 1.165) is 18.4 Å². The average Bonchev–Trinajstić information content (AvgIpc) is 2.30. The fourth-order valence-electron chi connectivity index (χ4n) is 3.36. The number of nitrogens with zero attached hydrogens (tertiary/aromatic N) is 2. The fraction of sp³-hybridized carbons (Fsp3) is 0.733. The molecule has 5 nitrogen and oxygen atoms in total. The van der Waals surface area contributed by atoms with Gasteiger partial charge in [-0.3, -0.25) is 0 Å².